The van der Waals surface area contributed by atoms with Gasteiger partial charge in [-0.05, 0) is 36.5 Å². The number of nitrogens with zero attached hydrogens (tertiary/aromatic N) is 2. The van der Waals surface area contributed by atoms with Gasteiger partial charge in [-0.15, -0.1) is 0 Å². The molecule has 3 rings (SSSR count). The number of halogens is 1. The Hall–Kier alpha value is -1.46. The summed E-state index contributed by atoms with van der Waals surface area (Å²) in [5.74, 6) is 0.840. The minimum Gasteiger partial charge on any atom is -0.340 e. The van der Waals surface area contributed by atoms with Gasteiger partial charge in [-0.25, -0.2) is 4.39 Å². The lowest BCUT2D eigenvalue weighted by atomic mass is 10.2. The lowest BCUT2D eigenvalue weighted by Gasteiger charge is -2.29. The number of carbonyl (C=O) groups is 1. The van der Waals surface area contributed by atoms with Gasteiger partial charge in [0.05, 0.1) is 0 Å². The van der Waals surface area contributed by atoms with Gasteiger partial charge in [0.2, 0.25) is 5.91 Å². The summed E-state index contributed by atoms with van der Waals surface area (Å²) in [6, 6.07) is 6.70. The molecule has 1 aromatic rings. The molecule has 1 aliphatic heterocycles. The van der Waals surface area contributed by atoms with Gasteiger partial charge >= 0.3 is 0 Å². The summed E-state index contributed by atoms with van der Waals surface area (Å²) in [6.07, 6.45) is 3.17. The number of hydrogen-bond donors (Lipinski definition) is 1. The molecule has 23 heavy (non-hydrogen) atoms. The highest BCUT2D eigenvalue weighted by Gasteiger charge is 2.25. The fourth-order valence-electron chi connectivity index (χ4n) is 3.07. The predicted molar refractivity (Wildman–Crippen MR) is 88.5 cm³/mol. The summed E-state index contributed by atoms with van der Waals surface area (Å²) in [5.41, 5.74) is 1.11. The third-order valence-corrected chi connectivity index (χ3v) is 4.64. The van der Waals surface area contributed by atoms with E-state index in [2.05, 4.69) is 10.2 Å². The maximum Gasteiger partial charge on any atom is 0.223 e. The smallest absolute Gasteiger partial charge is 0.223 e. The van der Waals surface area contributed by atoms with Crippen LogP contribution in [-0.2, 0) is 11.3 Å². The molecule has 0 radical (unpaired) electrons. The average Bonchev–Trinajstić information content (AvgIpc) is 3.39. The van der Waals surface area contributed by atoms with E-state index in [0.717, 1.165) is 57.3 Å². The van der Waals surface area contributed by atoms with Gasteiger partial charge in [0.1, 0.15) is 5.82 Å². The molecule has 2 fully saturated rings. The summed E-state index contributed by atoms with van der Waals surface area (Å²) < 4.78 is 13.0. The molecular weight excluding hydrogens is 293 g/mol. The third-order valence-electron chi connectivity index (χ3n) is 4.64. The molecule has 1 aliphatic carbocycles. The van der Waals surface area contributed by atoms with Crippen LogP contribution in [0, 0.1) is 11.7 Å². The van der Waals surface area contributed by atoms with Crippen molar-refractivity contribution >= 4 is 5.91 Å². The molecule has 126 valence electrons. The Morgan fingerprint density at radius 2 is 1.91 bits per heavy atom. The van der Waals surface area contributed by atoms with Crippen LogP contribution in [-0.4, -0.2) is 55.0 Å². The van der Waals surface area contributed by atoms with E-state index in [1.165, 1.54) is 25.0 Å². The molecule has 4 nitrogen and oxygen atoms in total. The summed E-state index contributed by atoms with van der Waals surface area (Å²) in [7, 11) is 0. The van der Waals surface area contributed by atoms with Crippen molar-refractivity contribution in [3.63, 3.8) is 0 Å². The van der Waals surface area contributed by atoms with E-state index in [1.807, 2.05) is 17.0 Å². The van der Waals surface area contributed by atoms with Crippen LogP contribution in [0.25, 0.3) is 0 Å². The van der Waals surface area contributed by atoms with E-state index in [1.54, 1.807) is 0 Å². The number of rotatable bonds is 7. The highest BCUT2D eigenvalue weighted by Crippen LogP contribution is 2.30. The standard InChI is InChI=1S/C18H26FN3O/c19-17-5-3-16(4-6-17)14-21(13-15-1-2-15)10-7-18(23)22-11-8-20-9-12-22/h3-6,15,20H,1-2,7-14H2. The molecule has 0 bridgehead atoms. The van der Waals surface area contributed by atoms with Gasteiger partial charge < -0.3 is 10.2 Å². The van der Waals surface area contributed by atoms with E-state index in [9.17, 15) is 9.18 Å². The van der Waals surface area contributed by atoms with Crippen molar-refractivity contribution in [2.24, 2.45) is 5.92 Å². The number of hydrogen-bond acceptors (Lipinski definition) is 3. The molecule has 2 aliphatic rings. The van der Waals surface area contributed by atoms with Crippen LogP contribution in [0.1, 0.15) is 24.8 Å². The third kappa shape index (κ3) is 5.29. The number of carbonyl (C=O) groups excluding carboxylic acids is 1. The molecular formula is C18H26FN3O. The average molecular weight is 319 g/mol. The van der Waals surface area contributed by atoms with Gasteiger partial charge in [-0.1, -0.05) is 12.1 Å². The maximum absolute atomic E-state index is 13.0. The lowest BCUT2D eigenvalue weighted by Crippen LogP contribution is -2.47. The van der Waals surface area contributed by atoms with Crippen LogP contribution in [0.2, 0.25) is 0 Å². The zero-order valence-corrected chi connectivity index (χ0v) is 13.6. The molecule has 1 aromatic carbocycles. The summed E-state index contributed by atoms with van der Waals surface area (Å²) in [6.45, 7) is 6.06. The summed E-state index contributed by atoms with van der Waals surface area (Å²) in [5, 5.41) is 3.27. The molecule has 0 atom stereocenters. The maximum atomic E-state index is 13.0. The molecule has 1 saturated heterocycles. The van der Waals surface area contributed by atoms with Gasteiger partial charge in [-0.3, -0.25) is 9.69 Å². The highest BCUT2D eigenvalue weighted by atomic mass is 19.1. The Bertz CT molecular complexity index is 510. The fourth-order valence-corrected chi connectivity index (χ4v) is 3.07. The molecule has 0 spiro atoms. The Morgan fingerprint density at radius 1 is 1.22 bits per heavy atom. The second kappa shape index (κ2) is 7.88. The minimum atomic E-state index is -0.198. The largest absolute Gasteiger partial charge is 0.340 e. The molecule has 1 heterocycles. The van der Waals surface area contributed by atoms with Gasteiger partial charge in [0, 0.05) is 52.2 Å². The van der Waals surface area contributed by atoms with Crippen LogP contribution >= 0.6 is 0 Å². The van der Waals surface area contributed by atoms with E-state index >= 15 is 0 Å². The Balaban J connectivity index is 1.51. The van der Waals surface area contributed by atoms with Crippen molar-refractivity contribution in [1.82, 2.24) is 15.1 Å². The minimum absolute atomic E-state index is 0.198. The van der Waals surface area contributed by atoms with Crippen LogP contribution < -0.4 is 5.32 Å². The molecule has 1 saturated carbocycles. The van der Waals surface area contributed by atoms with Crippen molar-refractivity contribution in [1.29, 1.82) is 0 Å². The van der Waals surface area contributed by atoms with Gasteiger partial charge in [-0.2, -0.15) is 0 Å². The number of nitrogens with one attached hydrogen (secondary N) is 1. The molecule has 0 unspecified atom stereocenters. The first-order valence-electron chi connectivity index (χ1n) is 8.66. The molecule has 0 aromatic heterocycles. The van der Waals surface area contributed by atoms with Crippen LogP contribution in [0.4, 0.5) is 4.39 Å². The number of amides is 1. The summed E-state index contributed by atoms with van der Waals surface area (Å²) in [4.78, 5) is 16.6. The zero-order valence-electron chi connectivity index (χ0n) is 13.6. The second-order valence-electron chi connectivity index (χ2n) is 6.69. The number of piperazine rings is 1. The Morgan fingerprint density at radius 3 is 2.57 bits per heavy atom. The zero-order chi connectivity index (χ0) is 16.1. The van der Waals surface area contributed by atoms with Crippen molar-refractivity contribution in [2.45, 2.75) is 25.8 Å². The van der Waals surface area contributed by atoms with E-state index in [-0.39, 0.29) is 11.7 Å². The van der Waals surface area contributed by atoms with Crippen molar-refractivity contribution in [3.05, 3.63) is 35.6 Å². The van der Waals surface area contributed by atoms with Crippen LogP contribution in [0.3, 0.4) is 0 Å². The highest BCUT2D eigenvalue weighted by molar-refractivity contribution is 5.76. The normalized spacial score (nSPS) is 18.4. The SMILES string of the molecule is O=C(CCN(Cc1ccc(F)cc1)CC1CC1)N1CCNCC1. The predicted octanol–water partition coefficient (Wildman–Crippen LogP) is 1.86. The lowest BCUT2D eigenvalue weighted by molar-refractivity contribution is -0.132. The topological polar surface area (TPSA) is 35.6 Å². The molecule has 1 amide bonds. The van der Waals surface area contributed by atoms with E-state index in [0.29, 0.717) is 6.42 Å². The first-order valence-corrected chi connectivity index (χ1v) is 8.66. The summed E-state index contributed by atoms with van der Waals surface area (Å²) >= 11 is 0. The first-order chi connectivity index (χ1) is 11.2. The second-order valence-corrected chi connectivity index (χ2v) is 6.69. The monoisotopic (exact) mass is 319 g/mol. The van der Waals surface area contributed by atoms with E-state index < -0.39 is 0 Å². The first kappa shape index (κ1) is 16.4. The van der Waals surface area contributed by atoms with Crippen molar-refractivity contribution in [3.8, 4) is 0 Å². The van der Waals surface area contributed by atoms with Crippen molar-refractivity contribution in [2.75, 3.05) is 39.3 Å². The van der Waals surface area contributed by atoms with Crippen molar-refractivity contribution < 1.29 is 9.18 Å². The van der Waals surface area contributed by atoms with Gasteiger partial charge in [0.15, 0.2) is 0 Å². The van der Waals surface area contributed by atoms with Gasteiger partial charge in [0.25, 0.3) is 0 Å². The Kier molecular flexibility index (Phi) is 5.62. The Labute approximate surface area is 137 Å². The molecule has 1 N–H and O–H groups in total. The quantitative estimate of drug-likeness (QED) is 0.833. The van der Waals surface area contributed by atoms with Crippen LogP contribution in [0.5, 0.6) is 0 Å². The van der Waals surface area contributed by atoms with Crippen LogP contribution in [0.15, 0.2) is 24.3 Å². The molecule has 5 heteroatoms. The fraction of sp³-hybridized carbons (Fsp3) is 0.611. The van der Waals surface area contributed by atoms with E-state index in [4.69, 9.17) is 0 Å². The number of benzene rings is 1.